The molecule has 0 aromatic carbocycles. The maximum Gasteiger partial charge on any atom is 0.346 e. The SMILES string of the molecule is CCOCC(C)OCc1ccsc1C(=O)O. The van der Waals surface area contributed by atoms with Crippen LogP contribution < -0.4 is 0 Å². The molecule has 1 heterocycles. The second kappa shape index (κ2) is 6.62. The molecule has 5 heteroatoms. The summed E-state index contributed by atoms with van der Waals surface area (Å²) in [7, 11) is 0. The van der Waals surface area contributed by atoms with Crippen molar-refractivity contribution in [1.29, 1.82) is 0 Å². The number of hydrogen-bond donors (Lipinski definition) is 1. The lowest BCUT2D eigenvalue weighted by Crippen LogP contribution is -2.16. The Hall–Kier alpha value is -0.910. The van der Waals surface area contributed by atoms with Gasteiger partial charge in [-0.25, -0.2) is 4.79 Å². The Labute approximate surface area is 98.8 Å². The Morgan fingerprint density at radius 2 is 2.38 bits per heavy atom. The van der Waals surface area contributed by atoms with Gasteiger partial charge in [-0.15, -0.1) is 11.3 Å². The van der Waals surface area contributed by atoms with Gasteiger partial charge in [0.15, 0.2) is 0 Å². The third kappa shape index (κ3) is 3.92. The largest absolute Gasteiger partial charge is 0.477 e. The number of carbonyl (C=O) groups is 1. The normalized spacial score (nSPS) is 12.6. The minimum Gasteiger partial charge on any atom is -0.477 e. The highest BCUT2D eigenvalue weighted by Gasteiger charge is 2.12. The average molecular weight is 244 g/mol. The zero-order valence-electron chi connectivity index (χ0n) is 9.43. The molecule has 16 heavy (non-hydrogen) atoms. The van der Waals surface area contributed by atoms with Gasteiger partial charge in [0, 0.05) is 12.2 Å². The van der Waals surface area contributed by atoms with Crippen LogP contribution in [0.3, 0.4) is 0 Å². The summed E-state index contributed by atoms with van der Waals surface area (Å²) in [4.78, 5) is 11.2. The Morgan fingerprint density at radius 3 is 3.00 bits per heavy atom. The fraction of sp³-hybridized carbons (Fsp3) is 0.545. The standard InChI is InChI=1S/C11H16O4S/c1-3-14-6-8(2)15-7-9-4-5-16-10(9)11(12)13/h4-5,8H,3,6-7H2,1-2H3,(H,12,13). The highest BCUT2D eigenvalue weighted by molar-refractivity contribution is 7.12. The van der Waals surface area contributed by atoms with Crippen LogP contribution in [0.4, 0.5) is 0 Å². The zero-order chi connectivity index (χ0) is 12.0. The fourth-order valence-corrected chi connectivity index (χ4v) is 1.95. The van der Waals surface area contributed by atoms with Gasteiger partial charge in [-0.05, 0) is 25.3 Å². The Kier molecular flexibility index (Phi) is 5.45. The topological polar surface area (TPSA) is 55.8 Å². The second-order valence-electron chi connectivity index (χ2n) is 3.36. The van der Waals surface area contributed by atoms with E-state index in [0.717, 1.165) is 5.56 Å². The van der Waals surface area contributed by atoms with Gasteiger partial charge in [0.2, 0.25) is 0 Å². The minimum atomic E-state index is -0.897. The van der Waals surface area contributed by atoms with E-state index in [2.05, 4.69) is 0 Å². The van der Waals surface area contributed by atoms with Gasteiger partial charge >= 0.3 is 5.97 Å². The van der Waals surface area contributed by atoms with Crippen LogP contribution in [0.2, 0.25) is 0 Å². The van der Waals surface area contributed by atoms with E-state index in [1.165, 1.54) is 11.3 Å². The Morgan fingerprint density at radius 1 is 1.62 bits per heavy atom. The van der Waals surface area contributed by atoms with E-state index in [1.54, 1.807) is 11.4 Å². The van der Waals surface area contributed by atoms with Crippen molar-refractivity contribution in [3.8, 4) is 0 Å². The number of ether oxygens (including phenoxy) is 2. The molecule has 0 fully saturated rings. The minimum absolute atomic E-state index is 0.0264. The predicted octanol–water partition coefficient (Wildman–Crippen LogP) is 2.39. The van der Waals surface area contributed by atoms with Gasteiger partial charge in [-0.3, -0.25) is 0 Å². The molecule has 1 atom stereocenters. The first-order valence-electron chi connectivity index (χ1n) is 5.14. The van der Waals surface area contributed by atoms with E-state index in [4.69, 9.17) is 14.6 Å². The van der Waals surface area contributed by atoms with Crippen LogP contribution in [0.5, 0.6) is 0 Å². The molecule has 0 aliphatic rings. The molecule has 0 radical (unpaired) electrons. The highest BCUT2D eigenvalue weighted by atomic mass is 32.1. The van der Waals surface area contributed by atoms with E-state index >= 15 is 0 Å². The molecule has 0 bridgehead atoms. The van der Waals surface area contributed by atoms with Gasteiger partial charge < -0.3 is 14.6 Å². The quantitative estimate of drug-likeness (QED) is 0.800. The summed E-state index contributed by atoms with van der Waals surface area (Å²) in [5.74, 6) is -0.897. The first-order valence-corrected chi connectivity index (χ1v) is 6.02. The molecule has 0 amide bonds. The summed E-state index contributed by atoms with van der Waals surface area (Å²) in [6, 6.07) is 1.78. The predicted molar refractivity (Wildman–Crippen MR) is 62.0 cm³/mol. The molecule has 0 aliphatic heterocycles. The van der Waals surface area contributed by atoms with E-state index in [1.807, 2.05) is 13.8 Å². The summed E-state index contributed by atoms with van der Waals surface area (Å²) < 4.78 is 10.7. The number of carboxylic acids is 1. The maximum absolute atomic E-state index is 10.8. The van der Waals surface area contributed by atoms with Crippen molar-refractivity contribution in [3.05, 3.63) is 21.9 Å². The average Bonchev–Trinajstić information content (AvgIpc) is 2.71. The molecule has 0 saturated heterocycles. The highest BCUT2D eigenvalue weighted by Crippen LogP contribution is 2.18. The molecule has 0 saturated carbocycles. The van der Waals surface area contributed by atoms with Gasteiger partial charge in [-0.2, -0.15) is 0 Å². The first-order chi connectivity index (χ1) is 7.65. The third-order valence-electron chi connectivity index (χ3n) is 2.02. The van der Waals surface area contributed by atoms with Gasteiger partial charge in [-0.1, -0.05) is 0 Å². The van der Waals surface area contributed by atoms with E-state index in [-0.39, 0.29) is 6.10 Å². The number of thiophene rings is 1. The zero-order valence-corrected chi connectivity index (χ0v) is 10.3. The van der Waals surface area contributed by atoms with Crippen molar-refractivity contribution in [1.82, 2.24) is 0 Å². The summed E-state index contributed by atoms with van der Waals surface area (Å²) in [5.41, 5.74) is 0.723. The molecule has 4 nitrogen and oxygen atoms in total. The van der Waals surface area contributed by atoms with Gasteiger partial charge in [0.25, 0.3) is 0 Å². The Balaban J connectivity index is 2.42. The monoisotopic (exact) mass is 244 g/mol. The molecule has 0 aliphatic carbocycles. The summed E-state index contributed by atoms with van der Waals surface area (Å²) in [6.07, 6.45) is -0.0264. The molecule has 1 unspecified atom stereocenters. The van der Waals surface area contributed by atoms with Gasteiger partial charge in [0.05, 0.1) is 19.3 Å². The molecule has 90 valence electrons. The fourth-order valence-electron chi connectivity index (χ4n) is 1.20. The van der Waals surface area contributed by atoms with Crippen LogP contribution >= 0.6 is 11.3 Å². The first kappa shape index (κ1) is 13.2. The lowest BCUT2D eigenvalue weighted by atomic mass is 10.3. The third-order valence-corrected chi connectivity index (χ3v) is 2.97. The van der Waals surface area contributed by atoms with Gasteiger partial charge in [0.1, 0.15) is 4.88 Å². The molecule has 1 rings (SSSR count). The number of hydrogen-bond acceptors (Lipinski definition) is 4. The van der Waals surface area contributed by atoms with Crippen molar-refractivity contribution in [3.63, 3.8) is 0 Å². The van der Waals surface area contributed by atoms with Crippen molar-refractivity contribution in [2.45, 2.75) is 26.6 Å². The smallest absolute Gasteiger partial charge is 0.346 e. The molecular formula is C11H16O4S. The summed E-state index contributed by atoms with van der Waals surface area (Å²) >= 11 is 1.22. The van der Waals surface area contributed by atoms with E-state index in [9.17, 15) is 4.79 Å². The van der Waals surface area contributed by atoms with Crippen LogP contribution in [0.15, 0.2) is 11.4 Å². The van der Waals surface area contributed by atoms with Crippen molar-refractivity contribution in [2.24, 2.45) is 0 Å². The number of carboxylic acid groups (broad SMARTS) is 1. The van der Waals surface area contributed by atoms with Crippen LogP contribution in [0.25, 0.3) is 0 Å². The molecular weight excluding hydrogens is 228 g/mol. The number of aromatic carboxylic acids is 1. The van der Waals surface area contributed by atoms with E-state index < -0.39 is 5.97 Å². The molecule has 1 aromatic heterocycles. The molecule has 0 spiro atoms. The lowest BCUT2D eigenvalue weighted by Gasteiger charge is -2.12. The van der Waals surface area contributed by atoms with Crippen LogP contribution in [-0.2, 0) is 16.1 Å². The number of rotatable bonds is 7. The lowest BCUT2D eigenvalue weighted by molar-refractivity contribution is -0.0118. The Bertz CT molecular complexity index is 334. The maximum atomic E-state index is 10.8. The van der Waals surface area contributed by atoms with Crippen LogP contribution in [-0.4, -0.2) is 30.4 Å². The molecule has 1 N–H and O–H groups in total. The summed E-state index contributed by atoms with van der Waals surface area (Å²) in [6.45, 7) is 5.34. The van der Waals surface area contributed by atoms with E-state index in [0.29, 0.717) is 24.7 Å². The van der Waals surface area contributed by atoms with Crippen molar-refractivity contribution in [2.75, 3.05) is 13.2 Å². The van der Waals surface area contributed by atoms with Crippen molar-refractivity contribution < 1.29 is 19.4 Å². The van der Waals surface area contributed by atoms with Crippen molar-refractivity contribution >= 4 is 17.3 Å². The second-order valence-corrected chi connectivity index (χ2v) is 4.28. The molecule has 1 aromatic rings. The van der Waals surface area contributed by atoms with Crippen LogP contribution in [0.1, 0.15) is 29.1 Å². The van der Waals surface area contributed by atoms with Crippen LogP contribution in [0, 0.1) is 0 Å². The summed E-state index contributed by atoms with van der Waals surface area (Å²) in [5, 5.41) is 10.7.